The molecule has 0 amide bonds. The highest BCUT2D eigenvalue weighted by molar-refractivity contribution is 5.90. The average Bonchev–Trinajstić information content (AvgIpc) is 3.16. The summed E-state index contributed by atoms with van der Waals surface area (Å²) < 4.78 is 11.5. The van der Waals surface area contributed by atoms with Gasteiger partial charge in [-0.2, -0.15) is 0 Å². The Hall–Kier alpha value is -4.13. The van der Waals surface area contributed by atoms with Crippen LogP contribution < -0.4 is 14.4 Å². The first kappa shape index (κ1) is 19.5. The first-order valence-corrected chi connectivity index (χ1v) is 11.0. The molecule has 0 unspecified atom stereocenters. The highest BCUT2D eigenvalue weighted by Gasteiger charge is 2.21. The van der Waals surface area contributed by atoms with Crippen molar-refractivity contribution >= 4 is 27.8 Å². The van der Waals surface area contributed by atoms with E-state index in [1.54, 1.807) is 7.11 Å². The number of para-hydroxylation sites is 2. The molecule has 1 aliphatic rings. The minimum atomic E-state index is 0.581. The number of hydrogen-bond acceptors (Lipinski definition) is 6. The largest absolute Gasteiger partial charge is 0.497 e. The molecule has 0 saturated carbocycles. The lowest BCUT2D eigenvalue weighted by molar-refractivity contribution is 0.331. The molecule has 3 heterocycles. The number of nitrogens with one attached hydrogen (secondary N) is 1. The van der Waals surface area contributed by atoms with Gasteiger partial charge in [0.1, 0.15) is 35.6 Å². The monoisotopic (exact) mass is 437 g/mol. The molecule has 0 atom stereocenters. The first-order chi connectivity index (χ1) is 16.2. The molecule has 164 valence electrons. The summed E-state index contributed by atoms with van der Waals surface area (Å²) in [7, 11) is 1.67. The normalized spacial score (nSPS) is 13.6. The Balaban J connectivity index is 1.40. The van der Waals surface area contributed by atoms with Gasteiger partial charge in [0, 0.05) is 29.1 Å². The summed E-state index contributed by atoms with van der Waals surface area (Å²) >= 11 is 0. The molecule has 0 radical (unpaired) electrons. The molecule has 1 N–H and O–H groups in total. The number of aryl methyl sites for hydroxylation is 1. The Kier molecular flexibility index (Phi) is 4.61. The van der Waals surface area contributed by atoms with Gasteiger partial charge in [0.25, 0.3) is 0 Å². The number of benzene rings is 3. The number of methoxy groups -OCH3 is 1. The SMILES string of the molecule is COc1ccc2c(N3CCOc4ccc(-c5nc6ccccc6[nH]5)cc4C3)nc(C)nc2c1. The third kappa shape index (κ3) is 3.51. The van der Waals surface area contributed by atoms with Crippen molar-refractivity contribution < 1.29 is 9.47 Å². The van der Waals surface area contributed by atoms with Crippen LogP contribution in [-0.4, -0.2) is 40.2 Å². The number of fused-ring (bicyclic) bond motifs is 3. The molecule has 0 aliphatic carbocycles. The van der Waals surface area contributed by atoms with E-state index in [1.807, 2.05) is 55.5 Å². The van der Waals surface area contributed by atoms with Crippen molar-refractivity contribution in [2.45, 2.75) is 13.5 Å². The van der Waals surface area contributed by atoms with Crippen molar-refractivity contribution in [2.24, 2.45) is 0 Å². The van der Waals surface area contributed by atoms with Gasteiger partial charge >= 0.3 is 0 Å². The quantitative estimate of drug-likeness (QED) is 0.433. The van der Waals surface area contributed by atoms with Gasteiger partial charge < -0.3 is 19.4 Å². The van der Waals surface area contributed by atoms with Crippen LogP contribution in [0.2, 0.25) is 0 Å². The van der Waals surface area contributed by atoms with Gasteiger partial charge in [0.15, 0.2) is 0 Å². The number of aromatic nitrogens is 4. The smallest absolute Gasteiger partial charge is 0.140 e. The van der Waals surface area contributed by atoms with Gasteiger partial charge in [-0.25, -0.2) is 15.0 Å². The minimum absolute atomic E-state index is 0.581. The van der Waals surface area contributed by atoms with Gasteiger partial charge in [0.05, 0.1) is 30.2 Å². The maximum atomic E-state index is 6.09. The van der Waals surface area contributed by atoms with Crippen molar-refractivity contribution in [1.29, 1.82) is 0 Å². The van der Waals surface area contributed by atoms with Crippen LogP contribution in [0.4, 0.5) is 5.82 Å². The second-order valence-corrected chi connectivity index (χ2v) is 8.17. The third-order valence-electron chi connectivity index (χ3n) is 6.00. The van der Waals surface area contributed by atoms with Crippen LogP contribution in [0.1, 0.15) is 11.4 Å². The van der Waals surface area contributed by atoms with Crippen LogP contribution in [0.25, 0.3) is 33.3 Å². The molecule has 0 spiro atoms. The number of imidazole rings is 1. The molecule has 0 saturated heterocycles. The molecule has 7 nitrogen and oxygen atoms in total. The van der Waals surface area contributed by atoms with E-state index in [4.69, 9.17) is 19.4 Å². The maximum Gasteiger partial charge on any atom is 0.140 e. The topological polar surface area (TPSA) is 76.2 Å². The Morgan fingerprint density at radius 1 is 0.970 bits per heavy atom. The van der Waals surface area contributed by atoms with E-state index in [0.717, 1.165) is 68.6 Å². The molecular weight excluding hydrogens is 414 g/mol. The summed E-state index contributed by atoms with van der Waals surface area (Å²) in [6.45, 7) is 3.91. The third-order valence-corrected chi connectivity index (χ3v) is 6.00. The van der Waals surface area contributed by atoms with Gasteiger partial charge in [-0.3, -0.25) is 0 Å². The lowest BCUT2D eigenvalue weighted by Crippen LogP contribution is -2.26. The van der Waals surface area contributed by atoms with E-state index in [-0.39, 0.29) is 0 Å². The fourth-order valence-corrected chi connectivity index (χ4v) is 4.39. The van der Waals surface area contributed by atoms with Crippen LogP contribution in [0.15, 0.2) is 60.7 Å². The summed E-state index contributed by atoms with van der Waals surface area (Å²) in [4.78, 5) is 19.9. The summed E-state index contributed by atoms with van der Waals surface area (Å²) in [6, 6.07) is 20.3. The number of H-pyrrole nitrogens is 1. The predicted molar refractivity (Wildman–Crippen MR) is 129 cm³/mol. The second-order valence-electron chi connectivity index (χ2n) is 8.17. The zero-order valence-corrected chi connectivity index (χ0v) is 18.5. The lowest BCUT2D eigenvalue weighted by atomic mass is 10.1. The first-order valence-electron chi connectivity index (χ1n) is 11.0. The summed E-state index contributed by atoms with van der Waals surface area (Å²) in [5.74, 6) is 4.17. The summed E-state index contributed by atoms with van der Waals surface area (Å²) in [5, 5.41) is 0.998. The van der Waals surface area contributed by atoms with Gasteiger partial charge in [0.2, 0.25) is 0 Å². The van der Waals surface area contributed by atoms with Crippen LogP contribution in [-0.2, 0) is 6.54 Å². The predicted octanol–water partition coefficient (Wildman–Crippen LogP) is 4.89. The second kappa shape index (κ2) is 7.78. The molecule has 2 aromatic heterocycles. The number of anilines is 1. The number of hydrogen-bond donors (Lipinski definition) is 1. The van der Waals surface area contributed by atoms with E-state index >= 15 is 0 Å². The van der Waals surface area contributed by atoms with Crippen molar-refractivity contribution in [3.05, 3.63) is 72.1 Å². The van der Waals surface area contributed by atoms with Crippen LogP contribution in [0.5, 0.6) is 11.5 Å². The van der Waals surface area contributed by atoms with E-state index in [1.165, 1.54) is 0 Å². The van der Waals surface area contributed by atoms with E-state index in [2.05, 4.69) is 27.0 Å². The fourth-order valence-electron chi connectivity index (χ4n) is 4.39. The van der Waals surface area contributed by atoms with Crippen molar-refractivity contribution in [3.8, 4) is 22.9 Å². The molecule has 1 aliphatic heterocycles. The summed E-state index contributed by atoms with van der Waals surface area (Å²) in [5.41, 5.74) is 4.99. The van der Waals surface area contributed by atoms with Crippen LogP contribution in [0.3, 0.4) is 0 Å². The number of aromatic amines is 1. The molecule has 3 aromatic carbocycles. The molecule has 6 rings (SSSR count). The van der Waals surface area contributed by atoms with Crippen LogP contribution in [0, 0.1) is 6.92 Å². The average molecular weight is 438 g/mol. The lowest BCUT2D eigenvalue weighted by Gasteiger charge is -2.23. The van der Waals surface area contributed by atoms with Gasteiger partial charge in [-0.15, -0.1) is 0 Å². The Labute approximate surface area is 191 Å². The highest BCUT2D eigenvalue weighted by Crippen LogP contribution is 2.33. The summed E-state index contributed by atoms with van der Waals surface area (Å²) in [6.07, 6.45) is 0. The van der Waals surface area contributed by atoms with E-state index < -0.39 is 0 Å². The molecule has 0 bridgehead atoms. The van der Waals surface area contributed by atoms with Crippen molar-refractivity contribution in [3.63, 3.8) is 0 Å². The van der Waals surface area contributed by atoms with E-state index in [9.17, 15) is 0 Å². The van der Waals surface area contributed by atoms with Crippen molar-refractivity contribution in [1.82, 2.24) is 19.9 Å². The van der Waals surface area contributed by atoms with Crippen LogP contribution >= 0.6 is 0 Å². The van der Waals surface area contributed by atoms with E-state index in [0.29, 0.717) is 13.2 Å². The fraction of sp³-hybridized carbons (Fsp3) is 0.192. The maximum absolute atomic E-state index is 6.09. The van der Waals surface area contributed by atoms with Crippen molar-refractivity contribution in [2.75, 3.05) is 25.2 Å². The molecule has 0 fully saturated rings. The minimum Gasteiger partial charge on any atom is -0.497 e. The Bertz CT molecular complexity index is 1460. The number of rotatable bonds is 3. The number of nitrogens with zero attached hydrogens (tertiary/aromatic N) is 4. The number of ether oxygens (including phenoxy) is 2. The van der Waals surface area contributed by atoms with Gasteiger partial charge in [-0.1, -0.05) is 12.1 Å². The molecular formula is C26H23N5O2. The highest BCUT2D eigenvalue weighted by atomic mass is 16.5. The molecule has 5 aromatic rings. The van der Waals surface area contributed by atoms with Gasteiger partial charge in [-0.05, 0) is 49.4 Å². The Morgan fingerprint density at radius 2 is 1.88 bits per heavy atom. The zero-order valence-electron chi connectivity index (χ0n) is 18.5. The standard InChI is InChI=1S/C26H23N5O2/c1-16-27-23-14-19(32-2)8-9-20(23)26(28-16)31-11-12-33-24-10-7-17(13-18(24)15-31)25-29-21-5-3-4-6-22(21)30-25/h3-10,13-14H,11-12,15H2,1-2H3,(H,29,30). The molecule has 33 heavy (non-hydrogen) atoms. The Morgan fingerprint density at radius 3 is 2.76 bits per heavy atom. The zero-order chi connectivity index (χ0) is 22.4. The molecule has 7 heteroatoms.